The second-order valence-corrected chi connectivity index (χ2v) is 7.17. The lowest BCUT2D eigenvalue weighted by atomic mass is 10.1. The molecule has 0 atom stereocenters. The van der Waals surface area contributed by atoms with E-state index < -0.39 is 0 Å². The van der Waals surface area contributed by atoms with Crippen molar-refractivity contribution in [2.24, 2.45) is 0 Å². The Bertz CT molecular complexity index is 1360. The number of hydrogen-bond acceptors (Lipinski definition) is 7. The zero-order valence-electron chi connectivity index (χ0n) is 15.2. The molecule has 8 nitrogen and oxygen atoms in total. The Morgan fingerprint density at radius 3 is 2.55 bits per heavy atom. The zero-order valence-corrected chi connectivity index (χ0v) is 16.1. The molecule has 29 heavy (non-hydrogen) atoms. The lowest BCUT2D eigenvalue weighted by Gasteiger charge is -1.99. The number of fused-ring (bicyclic) bond motifs is 1. The number of hydrogen-bond donors (Lipinski definition) is 1. The van der Waals surface area contributed by atoms with Crippen LogP contribution in [0, 0.1) is 0 Å². The minimum atomic E-state index is -0.307. The summed E-state index contributed by atoms with van der Waals surface area (Å²) in [6.07, 6.45) is 0. The van der Waals surface area contributed by atoms with E-state index >= 15 is 0 Å². The van der Waals surface area contributed by atoms with E-state index in [0.717, 1.165) is 17.0 Å². The fourth-order valence-corrected chi connectivity index (χ4v) is 3.74. The maximum absolute atomic E-state index is 12.8. The second-order valence-electron chi connectivity index (χ2n) is 6.22. The first-order valence-electron chi connectivity index (χ1n) is 8.75. The molecule has 9 heteroatoms. The van der Waals surface area contributed by atoms with Crippen LogP contribution in [-0.4, -0.2) is 37.1 Å². The number of benzene rings is 2. The van der Waals surface area contributed by atoms with Gasteiger partial charge in [0.1, 0.15) is 5.75 Å². The third-order valence-electron chi connectivity index (χ3n) is 4.43. The minimum Gasteiger partial charge on any atom is -0.497 e. The van der Waals surface area contributed by atoms with Crippen LogP contribution in [0.5, 0.6) is 5.75 Å². The largest absolute Gasteiger partial charge is 0.497 e. The number of nitrogens with one attached hydrogen (secondary N) is 1. The molecule has 0 aliphatic rings. The van der Waals surface area contributed by atoms with Crippen LogP contribution >= 0.6 is 11.3 Å². The molecule has 3 heterocycles. The average molecular weight is 402 g/mol. The predicted molar refractivity (Wildman–Crippen MR) is 110 cm³/mol. The normalized spacial score (nSPS) is 11.1. The summed E-state index contributed by atoms with van der Waals surface area (Å²) < 4.78 is 6.47. The quantitative estimate of drug-likeness (QED) is 0.495. The number of rotatable bonds is 4. The molecular formula is C20H14N6O2S. The molecule has 0 fully saturated rings. The molecule has 0 saturated heterocycles. The van der Waals surface area contributed by atoms with Gasteiger partial charge in [-0.25, -0.2) is 0 Å². The van der Waals surface area contributed by atoms with Gasteiger partial charge in [0.15, 0.2) is 10.7 Å². The fourth-order valence-electron chi connectivity index (χ4n) is 2.94. The van der Waals surface area contributed by atoms with E-state index in [1.807, 2.05) is 60.7 Å². The zero-order chi connectivity index (χ0) is 19.8. The molecule has 5 rings (SSSR count). The van der Waals surface area contributed by atoms with E-state index in [9.17, 15) is 4.79 Å². The molecule has 3 aromatic heterocycles. The van der Waals surface area contributed by atoms with Crippen LogP contribution in [0.15, 0.2) is 65.5 Å². The number of methoxy groups -OCH3 is 1. The van der Waals surface area contributed by atoms with E-state index in [-0.39, 0.29) is 11.3 Å². The van der Waals surface area contributed by atoms with Gasteiger partial charge in [0.25, 0.3) is 0 Å². The van der Waals surface area contributed by atoms with Crippen molar-refractivity contribution in [3.05, 3.63) is 71.0 Å². The van der Waals surface area contributed by atoms with Crippen LogP contribution in [-0.2, 0) is 0 Å². The van der Waals surface area contributed by atoms with E-state index in [1.54, 1.807) is 7.11 Å². The maximum atomic E-state index is 12.8. The summed E-state index contributed by atoms with van der Waals surface area (Å²) in [6.45, 7) is 0. The standard InChI is InChI=1S/C20H14N6O2S/c1-28-14-9-7-12(8-10-14)15-11-16(22-21-15)18-25-26-19(27)17(23-24-20(26)29-18)13-5-3-2-4-6-13/h2-11H,1H3,(H,21,22). The molecule has 0 aliphatic carbocycles. The van der Waals surface area contributed by atoms with Gasteiger partial charge in [-0.1, -0.05) is 41.7 Å². The number of aromatic amines is 1. The van der Waals surface area contributed by atoms with Crippen molar-refractivity contribution in [1.82, 2.24) is 30.0 Å². The van der Waals surface area contributed by atoms with Crippen LogP contribution < -0.4 is 10.3 Å². The van der Waals surface area contributed by atoms with E-state index in [1.165, 1.54) is 15.9 Å². The topological polar surface area (TPSA) is 98.1 Å². The van der Waals surface area contributed by atoms with E-state index in [0.29, 0.717) is 21.2 Å². The van der Waals surface area contributed by atoms with Crippen LogP contribution in [0.1, 0.15) is 0 Å². The highest BCUT2D eigenvalue weighted by Crippen LogP contribution is 2.27. The smallest absolute Gasteiger partial charge is 0.302 e. The summed E-state index contributed by atoms with van der Waals surface area (Å²) in [6, 6.07) is 18.7. The van der Waals surface area contributed by atoms with Gasteiger partial charge in [0.05, 0.1) is 18.5 Å². The van der Waals surface area contributed by atoms with Gasteiger partial charge in [0.2, 0.25) is 4.96 Å². The van der Waals surface area contributed by atoms with E-state index in [4.69, 9.17) is 4.74 Å². The second kappa shape index (κ2) is 6.95. The summed E-state index contributed by atoms with van der Waals surface area (Å²) in [5.74, 6) is 0.780. The van der Waals surface area contributed by atoms with Gasteiger partial charge in [-0.3, -0.25) is 9.89 Å². The first kappa shape index (κ1) is 17.3. The van der Waals surface area contributed by atoms with E-state index in [2.05, 4.69) is 25.5 Å². The van der Waals surface area contributed by atoms with Crippen molar-refractivity contribution >= 4 is 16.3 Å². The molecule has 0 bridgehead atoms. The molecule has 142 valence electrons. The van der Waals surface area contributed by atoms with Crippen molar-refractivity contribution in [2.45, 2.75) is 0 Å². The van der Waals surface area contributed by atoms with Gasteiger partial charge in [-0.2, -0.15) is 9.61 Å². The van der Waals surface area contributed by atoms with Crippen molar-refractivity contribution in [2.75, 3.05) is 7.11 Å². The maximum Gasteiger partial charge on any atom is 0.302 e. The van der Waals surface area contributed by atoms with Crippen LogP contribution in [0.2, 0.25) is 0 Å². The fraction of sp³-hybridized carbons (Fsp3) is 0.0500. The molecule has 0 unspecified atom stereocenters. The van der Waals surface area contributed by atoms with Gasteiger partial charge in [-0.15, -0.1) is 15.3 Å². The molecule has 0 amide bonds. The lowest BCUT2D eigenvalue weighted by Crippen LogP contribution is -2.19. The Kier molecular flexibility index (Phi) is 4.14. The Labute approximate surface area is 168 Å². The molecule has 0 radical (unpaired) electrons. The lowest BCUT2D eigenvalue weighted by molar-refractivity contribution is 0.415. The Balaban J connectivity index is 1.53. The Morgan fingerprint density at radius 1 is 1.00 bits per heavy atom. The predicted octanol–water partition coefficient (Wildman–Crippen LogP) is 3.28. The van der Waals surface area contributed by atoms with Gasteiger partial charge >= 0.3 is 5.56 Å². The monoisotopic (exact) mass is 402 g/mol. The van der Waals surface area contributed by atoms with Crippen molar-refractivity contribution in [3.8, 4) is 39.0 Å². The van der Waals surface area contributed by atoms with Gasteiger partial charge in [-0.05, 0) is 30.3 Å². The van der Waals surface area contributed by atoms with Crippen LogP contribution in [0.4, 0.5) is 0 Å². The summed E-state index contributed by atoms with van der Waals surface area (Å²) in [4.78, 5) is 13.2. The number of ether oxygens (including phenoxy) is 1. The third-order valence-corrected chi connectivity index (χ3v) is 5.36. The highest BCUT2D eigenvalue weighted by atomic mass is 32.1. The summed E-state index contributed by atoms with van der Waals surface area (Å²) in [5.41, 5.74) is 3.08. The minimum absolute atomic E-state index is 0.267. The molecule has 0 spiro atoms. The van der Waals surface area contributed by atoms with Crippen LogP contribution in [0.3, 0.4) is 0 Å². The highest BCUT2D eigenvalue weighted by Gasteiger charge is 2.16. The molecule has 2 aromatic carbocycles. The van der Waals surface area contributed by atoms with Crippen molar-refractivity contribution in [3.63, 3.8) is 0 Å². The Morgan fingerprint density at radius 2 is 1.79 bits per heavy atom. The molecule has 1 N–H and O–H groups in total. The SMILES string of the molecule is COc1ccc(-c2cc(-c3nn4c(=O)c(-c5ccccc5)nnc4s3)[nH]n2)cc1. The Hall–Kier alpha value is -3.85. The van der Waals surface area contributed by atoms with Crippen LogP contribution in [0.25, 0.3) is 38.2 Å². The first-order valence-corrected chi connectivity index (χ1v) is 9.57. The molecular weight excluding hydrogens is 388 g/mol. The number of nitrogens with zero attached hydrogens (tertiary/aromatic N) is 5. The first-order chi connectivity index (χ1) is 14.2. The summed E-state index contributed by atoms with van der Waals surface area (Å²) in [7, 11) is 1.63. The molecule has 5 aromatic rings. The molecule has 0 saturated carbocycles. The number of H-pyrrole nitrogens is 1. The third kappa shape index (κ3) is 3.07. The van der Waals surface area contributed by atoms with Gasteiger partial charge in [0, 0.05) is 11.1 Å². The average Bonchev–Trinajstić information content (AvgIpc) is 3.42. The number of aromatic nitrogens is 6. The van der Waals surface area contributed by atoms with Gasteiger partial charge < -0.3 is 4.74 Å². The van der Waals surface area contributed by atoms with Crippen molar-refractivity contribution in [1.29, 1.82) is 0 Å². The summed E-state index contributed by atoms with van der Waals surface area (Å²) >= 11 is 1.27. The molecule has 0 aliphatic heterocycles. The van der Waals surface area contributed by atoms with Crippen molar-refractivity contribution < 1.29 is 4.74 Å². The highest BCUT2D eigenvalue weighted by molar-refractivity contribution is 7.19. The summed E-state index contributed by atoms with van der Waals surface area (Å²) in [5, 5.41) is 20.6.